The van der Waals surface area contributed by atoms with Gasteiger partial charge in [0, 0.05) is 45.3 Å². The van der Waals surface area contributed by atoms with E-state index in [1.165, 1.54) is 12.1 Å². The predicted molar refractivity (Wildman–Crippen MR) is 162 cm³/mol. The highest BCUT2D eigenvalue weighted by Crippen LogP contribution is 2.38. The highest BCUT2D eigenvalue weighted by molar-refractivity contribution is 14.1. The number of furan rings is 1. The molecule has 0 unspecified atom stereocenters. The third-order valence-corrected chi connectivity index (χ3v) is 7.64. The second-order valence-corrected chi connectivity index (χ2v) is 10.3. The first-order valence-electron chi connectivity index (χ1n) is 12.4. The molecule has 5 aromatic rings. The molecule has 0 saturated heterocycles. The van der Waals surface area contributed by atoms with E-state index in [1.807, 2.05) is 10.6 Å². The summed E-state index contributed by atoms with van der Waals surface area (Å²) < 4.78 is 8.34. The smallest absolute Gasteiger partial charge is 0.339 e. The molecule has 0 aliphatic heterocycles. The van der Waals surface area contributed by atoms with Crippen LogP contribution in [-0.2, 0) is 23.1 Å². The van der Waals surface area contributed by atoms with Crippen LogP contribution in [-0.4, -0.2) is 44.3 Å². The first-order chi connectivity index (χ1) is 19.7. The number of aromatic hydroxyl groups is 1. The highest BCUT2D eigenvalue weighted by atomic mass is 127. The molecular weight excluding hydrogens is 641 g/mol. The molecule has 41 heavy (non-hydrogen) atoms. The molecule has 208 valence electrons. The normalized spacial score (nSPS) is 11.0. The van der Waals surface area contributed by atoms with Gasteiger partial charge in [0.2, 0.25) is 0 Å². The molecule has 2 aromatic heterocycles. The molecule has 0 fully saturated rings. The number of aliphatic hydroxyl groups excluding tert-OH is 1. The second-order valence-electron chi connectivity index (χ2n) is 9.19. The van der Waals surface area contributed by atoms with Gasteiger partial charge >= 0.3 is 17.8 Å². The molecule has 5 rings (SSSR count). The number of rotatable bonds is 7. The minimum atomic E-state index is -1.23. The Morgan fingerprint density at radius 2 is 1.71 bits per heavy atom. The Balaban J connectivity index is 1.38. The lowest BCUT2D eigenvalue weighted by Gasteiger charge is -2.11. The van der Waals surface area contributed by atoms with Crippen molar-refractivity contribution in [2.45, 2.75) is 6.42 Å². The lowest BCUT2D eigenvalue weighted by Crippen LogP contribution is -2.29. The van der Waals surface area contributed by atoms with Crippen LogP contribution in [0.25, 0.3) is 33.5 Å². The fraction of sp³-hybridized carbons (Fsp3) is 0.100. The Morgan fingerprint density at radius 1 is 0.951 bits per heavy atom. The van der Waals surface area contributed by atoms with Crippen molar-refractivity contribution in [2.24, 2.45) is 7.05 Å². The van der Waals surface area contributed by atoms with Gasteiger partial charge in [-0.25, -0.2) is 4.79 Å². The number of halogens is 1. The number of hydrogen-bond donors (Lipinski definition) is 5. The second kappa shape index (κ2) is 11.5. The number of benzene rings is 3. The van der Waals surface area contributed by atoms with E-state index in [-0.39, 0.29) is 17.9 Å². The fourth-order valence-electron chi connectivity index (χ4n) is 4.60. The fourth-order valence-corrected chi connectivity index (χ4v) is 5.71. The lowest BCUT2D eigenvalue weighted by molar-refractivity contribution is -0.132. The maximum absolute atomic E-state index is 12.9. The van der Waals surface area contributed by atoms with Crippen molar-refractivity contribution in [1.29, 1.82) is 0 Å². The summed E-state index contributed by atoms with van der Waals surface area (Å²) >= 11 is 2.12. The summed E-state index contributed by atoms with van der Waals surface area (Å²) in [7, 11) is 1.79. The number of nitrogens with one attached hydrogen (secondary N) is 2. The first-order valence-corrected chi connectivity index (χ1v) is 13.5. The monoisotopic (exact) mass is 665 g/mol. The number of amides is 2. The van der Waals surface area contributed by atoms with Crippen molar-refractivity contribution >= 4 is 62.7 Å². The van der Waals surface area contributed by atoms with E-state index in [0.717, 1.165) is 9.26 Å². The van der Waals surface area contributed by atoms with Crippen molar-refractivity contribution < 1.29 is 34.1 Å². The van der Waals surface area contributed by atoms with Gasteiger partial charge in [0.05, 0.1) is 23.5 Å². The van der Waals surface area contributed by atoms with Gasteiger partial charge in [0.25, 0.3) is 0 Å². The largest absolute Gasteiger partial charge is 0.507 e. The first kappa shape index (κ1) is 27.9. The number of carbonyl (C=O) groups is 3. The number of fused-ring (bicyclic) bond motifs is 1. The number of carboxylic acid groups (broad SMARTS) is 1. The molecule has 0 saturated carbocycles. The number of carboxylic acids is 1. The van der Waals surface area contributed by atoms with Gasteiger partial charge in [-0.1, -0.05) is 24.3 Å². The van der Waals surface area contributed by atoms with Crippen LogP contribution in [0.5, 0.6) is 5.75 Å². The Labute approximate surface area is 247 Å². The van der Waals surface area contributed by atoms with Crippen LogP contribution in [0.2, 0.25) is 0 Å². The zero-order valence-corrected chi connectivity index (χ0v) is 23.8. The summed E-state index contributed by atoms with van der Waals surface area (Å²) in [6, 6.07) is 20.2. The van der Waals surface area contributed by atoms with Crippen molar-refractivity contribution in [1.82, 2.24) is 4.57 Å². The lowest BCUT2D eigenvalue weighted by atomic mass is 10.1. The number of nitrogens with zero attached hydrogens (tertiary/aromatic N) is 1. The third kappa shape index (κ3) is 5.54. The van der Waals surface area contributed by atoms with Crippen LogP contribution < -0.4 is 10.6 Å². The van der Waals surface area contributed by atoms with E-state index in [2.05, 4.69) is 33.2 Å². The highest BCUT2D eigenvalue weighted by Gasteiger charge is 2.21. The Kier molecular flexibility index (Phi) is 7.81. The number of anilines is 2. The maximum Gasteiger partial charge on any atom is 0.339 e. The van der Waals surface area contributed by atoms with Crippen LogP contribution in [0.15, 0.2) is 77.2 Å². The summed E-state index contributed by atoms with van der Waals surface area (Å²) in [4.78, 5) is 37.2. The summed E-state index contributed by atoms with van der Waals surface area (Å²) in [6.45, 7) is -0.0540. The number of aliphatic hydroxyl groups is 1. The molecule has 2 heterocycles. The minimum Gasteiger partial charge on any atom is -0.507 e. The molecule has 0 spiro atoms. The molecule has 0 bridgehead atoms. The standard InChI is InChI=1S/C30H24IN3O7/c1-34-23-15-24(36)21(30(39)40)14-20(23)26(31)27(34)16-5-4-6-17(13-16)32-28(37)29(38)33-22-8-3-2-7-19(22)25-10-9-18(41-25)11-12-35/h2-10,13-15,35-36H,11-12H2,1H3,(H,32,37)(H,33,38)(H,39,40). The molecular formula is C30H24IN3O7. The summed E-state index contributed by atoms with van der Waals surface area (Å²) in [5, 5.41) is 34.7. The number of para-hydroxylation sites is 1. The Morgan fingerprint density at radius 3 is 2.46 bits per heavy atom. The van der Waals surface area contributed by atoms with E-state index in [0.29, 0.717) is 51.3 Å². The number of aryl methyl sites for hydroxylation is 1. The van der Waals surface area contributed by atoms with Crippen LogP contribution in [0, 0.1) is 3.57 Å². The maximum atomic E-state index is 12.9. The minimum absolute atomic E-state index is 0.0540. The van der Waals surface area contributed by atoms with Crippen LogP contribution >= 0.6 is 22.6 Å². The molecule has 2 amide bonds. The van der Waals surface area contributed by atoms with Crippen LogP contribution in [0.3, 0.4) is 0 Å². The molecule has 10 nitrogen and oxygen atoms in total. The van der Waals surface area contributed by atoms with Crippen molar-refractivity contribution in [3.05, 3.63) is 87.7 Å². The van der Waals surface area contributed by atoms with Gasteiger partial charge in [0.1, 0.15) is 22.8 Å². The SMILES string of the molecule is Cn1c(-c2cccc(NC(=O)C(=O)Nc3ccccc3-c3ccc(CCO)o3)c2)c(I)c2cc(C(=O)O)c(O)cc21. The Bertz CT molecular complexity index is 1820. The van der Waals surface area contributed by atoms with E-state index >= 15 is 0 Å². The van der Waals surface area contributed by atoms with Gasteiger partial charge in [-0.05, 0) is 65.1 Å². The molecule has 3 aromatic carbocycles. The average molecular weight is 665 g/mol. The number of aromatic carboxylic acids is 1. The number of carbonyl (C=O) groups excluding carboxylic acids is 2. The van der Waals surface area contributed by atoms with Gasteiger partial charge in [-0.15, -0.1) is 0 Å². The number of aromatic nitrogens is 1. The topological polar surface area (TPSA) is 154 Å². The summed E-state index contributed by atoms with van der Waals surface area (Å²) in [6.07, 6.45) is 0.361. The van der Waals surface area contributed by atoms with Crippen LogP contribution in [0.1, 0.15) is 16.1 Å². The summed E-state index contributed by atoms with van der Waals surface area (Å²) in [5.74, 6) is -2.22. The molecule has 0 aliphatic carbocycles. The van der Waals surface area contributed by atoms with Crippen LogP contribution in [0.4, 0.5) is 11.4 Å². The van der Waals surface area contributed by atoms with E-state index in [4.69, 9.17) is 9.52 Å². The number of hydrogen-bond acceptors (Lipinski definition) is 6. The quantitative estimate of drug-likeness (QED) is 0.118. The van der Waals surface area contributed by atoms with E-state index in [1.54, 1.807) is 61.6 Å². The van der Waals surface area contributed by atoms with E-state index < -0.39 is 17.8 Å². The van der Waals surface area contributed by atoms with Gasteiger partial charge < -0.3 is 34.9 Å². The van der Waals surface area contributed by atoms with E-state index in [9.17, 15) is 24.6 Å². The third-order valence-electron chi connectivity index (χ3n) is 6.55. The van der Waals surface area contributed by atoms with Gasteiger partial charge in [-0.2, -0.15) is 0 Å². The molecule has 0 aliphatic rings. The number of phenols is 1. The zero-order valence-electron chi connectivity index (χ0n) is 21.6. The predicted octanol–water partition coefficient (Wildman–Crippen LogP) is 5.23. The average Bonchev–Trinajstić information content (AvgIpc) is 3.50. The van der Waals surface area contributed by atoms with Gasteiger partial charge in [0.15, 0.2) is 0 Å². The van der Waals surface area contributed by atoms with Gasteiger partial charge in [-0.3, -0.25) is 9.59 Å². The molecule has 0 radical (unpaired) electrons. The molecule has 11 heteroatoms. The molecule has 0 atom stereocenters. The Hall–Kier alpha value is -4.62. The van der Waals surface area contributed by atoms with Crippen molar-refractivity contribution in [3.63, 3.8) is 0 Å². The molecule has 5 N–H and O–H groups in total. The summed E-state index contributed by atoms with van der Waals surface area (Å²) in [5.41, 5.74) is 3.26. The van der Waals surface area contributed by atoms with Crippen molar-refractivity contribution in [3.8, 4) is 28.3 Å². The zero-order chi connectivity index (χ0) is 29.3. The van der Waals surface area contributed by atoms with Crippen molar-refractivity contribution in [2.75, 3.05) is 17.2 Å².